The third-order valence-corrected chi connectivity index (χ3v) is 4.52. The first kappa shape index (κ1) is 18.2. The largest absolute Gasteiger partial charge is 0.367 e. The Kier molecular flexibility index (Phi) is 7.45. The first-order valence-electron chi connectivity index (χ1n) is 8.46. The molecule has 0 radical (unpaired) electrons. The van der Waals surface area contributed by atoms with Crippen LogP contribution in [0, 0.1) is 0 Å². The van der Waals surface area contributed by atoms with Crippen LogP contribution < -0.4 is 0 Å². The maximum absolute atomic E-state index is 5.63. The van der Waals surface area contributed by atoms with Crippen LogP contribution in [-0.4, -0.2) is 11.7 Å². The second kappa shape index (κ2) is 8.58. The van der Waals surface area contributed by atoms with Crippen LogP contribution in [0.5, 0.6) is 0 Å². The standard InChI is InChI=1S/C20H34O/c1-7-16(2)10-8-11-17(3)12-9-13-18(4)14-15-19-20(5,6)21-19/h7,11,13,19H,8-10,12,14-15H2,1-6H3/b16-7+,17-11+,18-13+. The van der Waals surface area contributed by atoms with Gasteiger partial charge in [-0.05, 0) is 80.1 Å². The Labute approximate surface area is 132 Å². The van der Waals surface area contributed by atoms with Gasteiger partial charge in [-0.1, -0.05) is 34.9 Å². The van der Waals surface area contributed by atoms with E-state index < -0.39 is 0 Å². The van der Waals surface area contributed by atoms with Crippen LogP contribution >= 0.6 is 0 Å². The van der Waals surface area contributed by atoms with Crippen LogP contribution in [0.4, 0.5) is 0 Å². The summed E-state index contributed by atoms with van der Waals surface area (Å²) in [6.45, 7) is 13.2. The fourth-order valence-corrected chi connectivity index (χ4v) is 2.54. The Morgan fingerprint density at radius 1 is 0.905 bits per heavy atom. The van der Waals surface area contributed by atoms with E-state index in [0.717, 1.165) is 0 Å². The van der Waals surface area contributed by atoms with E-state index in [9.17, 15) is 0 Å². The van der Waals surface area contributed by atoms with E-state index >= 15 is 0 Å². The number of hydrogen-bond donors (Lipinski definition) is 0. The zero-order chi connectivity index (χ0) is 15.9. The highest BCUT2D eigenvalue weighted by Gasteiger charge is 2.46. The summed E-state index contributed by atoms with van der Waals surface area (Å²) in [5.74, 6) is 0. The third-order valence-electron chi connectivity index (χ3n) is 4.52. The molecular weight excluding hydrogens is 256 g/mol. The zero-order valence-electron chi connectivity index (χ0n) is 15.0. The Morgan fingerprint density at radius 2 is 1.38 bits per heavy atom. The van der Waals surface area contributed by atoms with Crippen molar-refractivity contribution in [2.24, 2.45) is 0 Å². The van der Waals surface area contributed by atoms with Gasteiger partial charge in [-0.15, -0.1) is 0 Å². The fraction of sp³-hybridized carbons (Fsp3) is 0.700. The van der Waals surface area contributed by atoms with Crippen molar-refractivity contribution < 1.29 is 4.74 Å². The molecule has 0 bridgehead atoms. The Bertz CT molecular complexity index is 410. The highest BCUT2D eigenvalue weighted by Crippen LogP contribution is 2.38. The van der Waals surface area contributed by atoms with Gasteiger partial charge in [0.25, 0.3) is 0 Å². The van der Waals surface area contributed by atoms with Crippen LogP contribution in [0.3, 0.4) is 0 Å². The minimum Gasteiger partial charge on any atom is -0.367 e. The minimum absolute atomic E-state index is 0.144. The summed E-state index contributed by atoms with van der Waals surface area (Å²) in [6.07, 6.45) is 14.6. The molecular formula is C20H34O. The van der Waals surface area contributed by atoms with E-state index in [-0.39, 0.29) is 5.60 Å². The molecule has 0 spiro atoms. The topological polar surface area (TPSA) is 12.5 Å². The summed E-state index contributed by atoms with van der Waals surface area (Å²) in [5, 5.41) is 0. The molecule has 0 amide bonds. The number of allylic oxidation sites excluding steroid dienone is 6. The van der Waals surface area contributed by atoms with E-state index in [4.69, 9.17) is 4.74 Å². The van der Waals surface area contributed by atoms with Gasteiger partial charge in [0, 0.05) is 0 Å². The van der Waals surface area contributed by atoms with E-state index in [1.54, 1.807) is 0 Å². The summed E-state index contributed by atoms with van der Waals surface area (Å²) in [7, 11) is 0. The molecule has 0 aromatic heterocycles. The Balaban J connectivity index is 2.15. The quantitative estimate of drug-likeness (QED) is 0.355. The van der Waals surface area contributed by atoms with Crippen molar-refractivity contribution in [1.82, 2.24) is 0 Å². The lowest BCUT2D eigenvalue weighted by Crippen LogP contribution is -2.02. The molecule has 1 heterocycles. The van der Waals surface area contributed by atoms with Crippen molar-refractivity contribution in [2.45, 2.75) is 91.8 Å². The molecule has 0 saturated carbocycles. The average molecular weight is 290 g/mol. The molecule has 1 nitrogen and oxygen atoms in total. The molecule has 1 atom stereocenters. The SMILES string of the molecule is C/C=C(\C)CC/C=C(\C)CC/C=C(\C)CCC1OC1(C)C. The van der Waals surface area contributed by atoms with Gasteiger partial charge in [-0.2, -0.15) is 0 Å². The number of epoxide rings is 1. The van der Waals surface area contributed by atoms with Gasteiger partial charge in [0.2, 0.25) is 0 Å². The number of rotatable bonds is 9. The lowest BCUT2D eigenvalue weighted by atomic mass is 10.0. The summed E-state index contributed by atoms with van der Waals surface area (Å²) in [6, 6.07) is 0. The van der Waals surface area contributed by atoms with Crippen LogP contribution in [-0.2, 0) is 4.74 Å². The van der Waals surface area contributed by atoms with Crippen LogP contribution in [0.1, 0.15) is 80.1 Å². The Morgan fingerprint density at radius 3 is 1.86 bits per heavy atom. The van der Waals surface area contributed by atoms with Gasteiger partial charge in [-0.3, -0.25) is 0 Å². The van der Waals surface area contributed by atoms with Crippen molar-refractivity contribution >= 4 is 0 Å². The molecule has 1 aliphatic rings. The average Bonchev–Trinajstić information content (AvgIpc) is 3.03. The van der Waals surface area contributed by atoms with Gasteiger partial charge in [0.15, 0.2) is 0 Å². The molecule has 1 saturated heterocycles. The second-order valence-corrected chi connectivity index (χ2v) is 7.06. The molecule has 120 valence electrons. The molecule has 1 fully saturated rings. The lowest BCUT2D eigenvalue weighted by Gasteiger charge is -2.03. The lowest BCUT2D eigenvalue weighted by molar-refractivity contribution is 0.320. The summed E-state index contributed by atoms with van der Waals surface area (Å²) < 4.78 is 5.63. The molecule has 0 aromatic carbocycles. The molecule has 0 aromatic rings. The van der Waals surface area contributed by atoms with Gasteiger partial charge < -0.3 is 4.74 Å². The highest BCUT2D eigenvalue weighted by molar-refractivity contribution is 5.06. The van der Waals surface area contributed by atoms with Gasteiger partial charge in [0.05, 0.1) is 11.7 Å². The summed E-state index contributed by atoms with van der Waals surface area (Å²) >= 11 is 0. The molecule has 21 heavy (non-hydrogen) atoms. The molecule has 1 rings (SSSR count). The number of hydrogen-bond acceptors (Lipinski definition) is 1. The summed E-state index contributed by atoms with van der Waals surface area (Å²) in [5.41, 5.74) is 4.67. The summed E-state index contributed by atoms with van der Waals surface area (Å²) in [4.78, 5) is 0. The molecule has 1 heteroatoms. The van der Waals surface area contributed by atoms with Crippen LogP contribution in [0.2, 0.25) is 0 Å². The monoisotopic (exact) mass is 290 g/mol. The predicted octanol–water partition coefficient (Wildman–Crippen LogP) is 6.36. The van der Waals surface area contributed by atoms with E-state index in [2.05, 4.69) is 59.8 Å². The maximum atomic E-state index is 5.63. The molecule has 1 aliphatic heterocycles. The van der Waals surface area contributed by atoms with Gasteiger partial charge in [-0.25, -0.2) is 0 Å². The van der Waals surface area contributed by atoms with Crippen molar-refractivity contribution in [3.8, 4) is 0 Å². The first-order valence-corrected chi connectivity index (χ1v) is 8.46. The maximum Gasteiger partial charge on any atom is 0.0892 e. The van der Waals surface area contributed by atoms with Crippen molar-refractivity contribution in [2.75, 3.05) is 0 Å². The molecule has 1 unspecified atom stereocenters. The van der Waals surface area contributed by atoms with Crippen molar-refractivity contribution in [3.63, 3.8) is 0 Å². The van der Waals surface area contributed by atoms with Crippen LogP contribution in [0.15, 0.2) is 34.9 Å². The van der Waals surface area contributed by atoms with E-state index in [1.807, 2.05) is 0 Å². The first-order chi connectivity index (χ1) is 9.85. The smallest absolute Gasteiger partial charge is 0.0892 e. The highest BCUT2D eigenvalue weighted by atomic mass is 16.6. The molecule has 0 N–H and O–H groups in total. The normalized spacial score (nSPS) is 22.6. The van der Waals surface area contributed by atoms with E-state index in [0.29, 0.717) is 6.10 Å². The second-order valence-electron chi connectivity index (χ2n) is 7.06. The Hall–Kier alpha value is -0.820. The van der Waals surface area contributed by atoms with Gasteiger partial charge in [0.1, 0.15) is 0 Å². The van der Waals surface area contributed by atoms with Crippen molar-refractivity contribution in [1.29, 1.82) is 0 Å². The zero-order valence-corrected chi connectivity index (χ0v) is 15.0. The van der Waals surface area contributed by atoms with Crippen LogP contribution in [0.25, 0.3) is 0 Å². The third kappa shape index (κ3) is 7.66. The van der Waals surface area contributed by atoms with E-state index in [1.165, 1.54) is 55.2 Å². The van der Waals surface area contributed by atoms with Crippen molar-refractivity contribution in [3.05, 3.63) is 34.9 Å². The number of ether oxygens (including phenoxy) is 1. The van der Waals surface area contributed by atoms with Gasteiger partial charge >= 0.3 is 0 Å². The fourth-order valence-electron chi connectivity index (χ4n) is 2.54. The predicted molar refractivity (Wildman–Crippen MR) is 93.6 cm³/mol. The minimum atomic E-state index is 0.144. The molecule has 0 aliphatic carbocycles.